The summed E-state index contributed by atoms with van der Waals surface area (Å²) in [7, 11) is -1.67. The minimum absolute atomic E-state index is 0.0144. The molecule has 4 heteroatoms. The summed E-state index contributed by atoms with van der Waals surface area (Å²) in [5, 5.41) is 20.4. The fourth-order valence-electron chi connectivity index (χ4n) is 3.88. The minimum Gasteiger partial charge on any atom is -0.411 e. The van der Waals surface area contributed by atoms with Gasteiger partial charge in [0.1, 0.15) is 5.60 Å². The van der Waals surface area contributed by atoms with Gasteiger partial charge in [0, 0.05) is 5.41 Å². The van der Waals surface area contributed by atoms with Crippen LogP contribution in [-0.4, -0.2) is 36.8 Å². The predicted octanol–water partition coefficient (Wildman–Crippen LogP) is 4.98. The van der Waals surface area contributed by atoms with Gasteiger partial charge in [-0.25, -0.2) is 0 Å². The number of allylic oxidation sites excluding steroid dienone is 2. The van der Waals surface area contributed by atoms with E-state index in [-0.39, 0.29) is 18.1 Å². The summed E-state index contributed by atoms with van der Waals surface area (Å²) in [6.07, 6.45) is 8.54. The number of aliphatic hydroxyl groups is 2. The van der Waals surface area contributed by atoms with Gasteiger partial charge < -0.3 is 14.6 Å². The number of hydrogen-bond donors (Lipinski definition) is 2. The topological polar surface area (TPSA) is 49.7 Å². The monoisotopic (exact) mass is 366 g/mol. The zero-order valence-corrected chi connectivity index (χ0v) is 18.2. The lowest BCUT2D eigenvalue weighted by atomic mass is 9.64. The van der Waals surface area contributed by atoms with E-state index < -0.39 is 13.9 Å². The molecule has 0 spiro atoms. The third-order valence-corrected chi connectivity index (χ3v) is 10.8. The van der Waals surface area contributed by atoms with Gasteiger partial charge in [-0.3, -0.25) is 0 Å². The third-order valence-electron chi connectivity index (χ3n) is 6.12. The lowest BCUT2D eigenvalue weighted by Gasteiger charge is -2.48. The Morgan fingerprint density at radius 3 is 2.28 bits per heavy atom. The van der Waals surface area contributed by atoms with Crippen LogP contribution >= 0.6 is 0 Å². The molecule has 2 atom stereocenters. The van der Waals surface area contributed by atoms with Crippen molar-refractivity contribution < 1.29 is 14.6 Å². The lowest BCUT2D eigenvalue weighted by Crippen LogP contribution is -2.51. The maximum Gasteiger partial charge on any atom is 0.192 e. The first-order valence-corrected chi connectivity index (χ1v) is 12.2. The molecule has 0 aromatic heterocycles. The summed E-state index contributed by atoms with van der Waals surface area (Å²) in [6, 6.07) is 3.41. The Hall–Kier alpha value is -0.683. The second-order valence-corrected chi connectivity index (χ2v) is 12.8. The van der Waals surface area contributed by atoms with Crippen LogP contribution in [0.2, 0.25) is 18.1 Å². The predicted molar refractivity (Wildman–Crippen MR) is 109 cm³/mol. The Morgan fingerprint density at radius 1 is 1.28 bits per heavy atom. The zero-order valence-electron chi connectivity index (χ0n) is 17.2. The van der Waals surface area contributed by atoms with Crippen LogP contribution in [-0.2, 0) is 4.43 Å². The summed E-state index contributed by atoms with van der Waals surface area (Å²) in [4.78, 5) is 0. The van der Waals surface area contributed by atoms with Crippen LogP contribution < -0.4 is 0 Å². The van der Waals surface area contributed by atoms with E-state index in [0.29, 0.717) is 0 Å². The van der Waals surface area contributed by atoms with Crippen molar-refractivity contribution in [2.45, 2.75) is 84.7 Å². The number of aliphatic hydroxyl groups excluding tert-OH is 1. The van der Waals surface area contributed by atoms with Gasteiger partial charge in [-0.1, -0.05) is 58.4 Å². The van der Waals surface area contributed by atoms with Crippen LogP contribution in [0.3, 0.4) is 0 Å². The van der Waals surface area contributed by atoms with E-state index in [1.807, 2.05) is 26.0 Å². The molecule has 0 radical (unpaired) electrons. The fraction of sp³-hybridized carbons (Fsp3) is 0.714. The van der Waals surface area contributed by atoms with E-state index in [9.17, 15) is 5.11 Å². The van der Waals surface area contributed by atoms with Crippen LogP contribution in [0.15, 0.2) is 35.5 Å². The van der Waals surface area contributed by atoms with Crippen LogP contribution in [0, 0.1) is 5.41 Å². The van der Waals surface area contributed by atoms with E-state index in [2.05, 4.69) is 40.7 Å². The number of hydrogen-bond acceptors (Lipinski definition) is 3. The van der Waals surface area contributed by atoms with E-state index in [0.717, 1.165) is 35.7 Å². The summed E-state index contributed by atoms with van der Waals surface area (Å²) >= 11 is 0. The molecule has 0 aromatic carbocycles. The molecule has 1 aliphatic rings. The molecular weight excluding hydrogens is 328 g/mol. The minimum atomic E-state index is -1.67. The SMILES string of the molecule is CC[Si](CC)(CC)O[C@@H]1C=C(C)[C@](O)(/C=C/C(C)=C/CO)C(C)(C)C1. The maximum absolute atomic E-state index is 11.4. The summed E-state index contributed by atoms with van der Waals surface area (Å²) in [5.74, 6) is 0. The molecule has 0 saturated carbocycles. The van der Waals surface area contributed by atoms with Crippen molar-refractivity contribution in [1.29, 1.82) is 0 Å². The van der Waals surface area contributed by atoms with Crippen molar-refractivity contribution in [2.75, 3.05) is 6.61 Å². The Kier molecular flexibility index (Phi) is 7.87. The van der Waals surface area contributed by atoms with Crippen LogP contribution in [0.4, 0.5) is 0 Å². The Bertz CT molecular complexity index is 521. The highest BCUT2D eigenvalue weighted by Gasteiger charge is 2.48. The van der Waals surface area contributed by atoms with Gasteiger partial charge in [0.2, 0.25) is 0 Å². The van der Waals surface area contributed by atoms with Crippen molar-refractivity contribution in [3.8, 4) is 0 Å². The Morgan fingerprint density at radius 2 is 1.84 bits per heavy atom. The van der Waals surface area contributed by atoms with Gasteiger partial charge in [-0.15, -0.1) is 0 Å². The van der Waals surface area contributed by atoms with E-state index >= 15 is 0 Å². The lowest BCUT2D eigenvalue weighted by molar-refractivity contribution is -0.0267. The van der Waals surface area contributed by atoms with Crippen molar-refractivity contribution >= 4 is 8.32 Å². The highest BCUT2D eigenvalue weighted by molar-refractivity contribution is 6.73. The average molecular weight is 367 g/mol. The van der Waals surface area contributed by atoms with Crippen molar-refractivity contribution in [2.24, 2.45) is 5.41 Å². The van der Waals surface area contributed by atoms with Crippen molar-refractivity contribution in [1.82, 2.24) is 0 Å². The first-order chi connectivity index (χ1) is 11.6. The fourth-order valence-corrected chi connectivity index (χ4v) is 6.67. The first kappa shape index (κ1) is 22.4. The summed E-state index contributed by atoms with van der Waals surface area (Å²) in [6.45, 7) is 14.9. The molecule has 0 aromatic rings. The molecule has 25 heavy (non-hydrogen) atoms. The van der Waals surface area contributed by atoms with E-state index in [1.165, 1.54) is 0 Å². The molecule has 0 amide bonds. The quantitative estimate of drug-likeness (QED) is 0.362. The molecule has 0 fully saturated rings. The molecule has 0 heterocycles. The van der Waals surface area contributed by atoms with Gasteiger partial charge in [-0.05, 0) is 50.0 Å². The highest BCUT2D eigenvalue weighted by atomic mass is 28.4. The standard InChI is InChI=1S/C21H38O3Si/c1-8-25(9-2,10-3)24-19-15-18(5)21(23,20(6,7)16-19)13-11-17(4)12-14-22/h11-13,15,19,22-23H,8-10,14,16H2,1-7H3/b13-11+,17-12+/t19-,21-/m1/s1. The zero-order chi connectivity index (χ0) is 19.3. The van der Waals surface area contributed by atoms with Crippen LogP contribution in [0.5, 0.6) is 0 Å². The third kappa shape index (κ3) is 4.94. The first-order valence-electron chi connectivity index (χ1n) is 9.65. The molecule has 3 nitrogen and oxygen atoms in total. The highest BCUT2D eigenvalue weighted by Crippen LogP contribution is 2.47. The smallest absolute Gasteiger partial charge is 0.192 e. The Labute approximate surface area is 155 Å². The van der Waals surface area contributed by atoms with Gasteiger partial charge in [-0.2, -0.15) is 0 Å². The van der Waals surface area contributed by atoms with Crippen molar-refractivity contribution in [3.63, 3.8) is 0 Å². The largest absolute Gasteiger partial charge is 0.411 e. The van der Waals surface area contributed by atoms with Crippen LogP contribution in [0.1, 0.15) is 54.9 Å². The second kappa shape index (κ2) is 8.80. The van der Waals surface area contributed by atoms with Gasteiger partial charge in [0.25, 0.3) is 0 Å². The molecule has 0 aliphatic heterocycles. The molecule has 1 rings (SSSR count). The summed E-state index contributed by atoms with van der Waals surface area (Å²) in [5.41, 5.74) is 0.592. The average Bonchev–Trinajstić information content (AvgIpc) is 2.56. The van der Waals surface area contributed by atoms with Crippen molar-refractivity contribution in [3.05, 3.63) is 35.5 Å². The normalized spacial score (nSPS) is 27.6. The molecule has 0 saturated heterocycles. The molecule has 0 unspecified atom stereocenters. The van der Waals surface area contributed by atoms with Crippen LogP contribution in [0.25, 0.3) is 0 Å². The van der Waals surface area contributed by atoms with Gasteiger partial charge >= 0.3 is 0 Å². The van der Waals surface area contributed by atoms with E-state index in [1.54, 1.807) is 6.08 Å². The molecule has 2 N–H and O–H groups in total. The van der Waals surface area contributed by atoms with Gasteiger partial charge in [0.05, 0.1) is 12.7 Å². The Balaban J connectivity index is 3.13. The molecule has 0 bridgehead atoms. The molecular formula is C21H38O3Si. The molecule has 144 valence electrons. The second-order valence-electron chi connectivity index (χ2n) is 8.07. The number of rotatable bonds is 8. The van der Waals surface area contributed by atoms with Gasteiger partial charge in [0.15, 0.2) is 8.32 Å². The molecule has 1 aliphatic carbocycles. The summed E-state index contributed by atoms with van der Waals surface area (Å²) < 4.78 is 6.67. The maximum atomic E-state index is 11.4. The van der Waals surface area contributed by atoms with E-state index in [4.69, 9.17) is 9.53 Å².